The quantitative estimate of drug-likeness (QED) is 0.693. The highest BCUT2D eigenvalue weighted by Crippen LogP contribution is 2.27. The lowest BCUT2D eigenvalue weighted by Crippen LogP contribution is -2.25. The molecule has 0 saturated heterocycles. The van der Waals surface area contributed by atoms with E-state index in [1.165, 1.54) is 12.3 Å². The Labute approximate surface area is 161 Å². The van der Waals surface area contributed by atoms with Gasteiger partial charge in [-0.2, -0.15) is 0 Å². The van der Waals surface area contributed by atoms with E-state index in [-0.39, 0.29) is 17.9 Å². The van der Waals surface area contributed by atoms with Crippen molar-refractivity contribution in [2.24, 2.45) is 0 Å². The zero-order chi connectivity index (χ0) is 19.4. The van der Waals surface area contributed by atoms with Gasteiger partial charge in [0.15, 0.2) is 0 Å². The van der Waals surface area contributed by atoms with Crippen molar-refractivity contribution in [3.8, 4) is 0 Å². The van der Waals surface area contributed by atoms with E-state index in [1.54, 1.807) is 30.3 Å². The molecule has 0 aliphatic carbocycles. The number of rotatable bonds is 5. The molecule has 0 aliphatic rings. The molecule has 3 aromatic rings. The van der Waals surface area contributed by atoms with Crippen molar-refractivity contribution in [1.82, 2.24) is 10.3 Å². The van der Waals surface area contributed by atoms with Crippen LogP contribution in [0.1, 0.15) is 37.9 Å². The summed E-state index contributed by atoms with van der Waals surface area (Å²) < 4.78 is 5.17. The molecule has 7 heteroatoms. The van der Waals surface area contributed by atoms with Crippen molar-refractivity contribution in [2.45, 2.75) is 20.4 Å². The number of nitrogens with zero attached hydrogens (tertiary/aromatic N) is 1. The molecule has 0 unspecified atom stereocenters. The number of halogens is 1. The van der Waals surface area contributed by atoms with E-state index in [4.69, 9.17) is 16.0 Å². The molecule has 3 rings (SSSR count). The van der Waals surface area contributed by atoms with E-state index in [0.717, 1.165) is 11.1 Å². The molecule has 6 nitrogen and oxygen atoms in total. The summed E-state index contributed by atoms with van der Waals surface area (Å²) in [6.45, 7) is 4.03. The maximum Gasteiger partial charge on any atom is 0.274 e. The molecule has 0 aliphatic heterocycles. The number of pyridine rings is 1. The second kappa shape index (κ2) is 8.05. The van der Waals surface area contributed by atoms with Gasteiger partial charge in [0.2, 0.25) is 0 Å². The Kier molecular flexibility index (Phi) is 5.57. The molecular formula is C20H18ClN3O3. The number of anilines is 1. The molecule has 0 radical (unpaired) electrons. The first-order valence-corrected chi connectivity index (χ1v) is 8.67. The van der Waals surface area contributed by atoms with Crippen LogP contribution in [0.25, 0.3) is 0 Å². The summed E-state index contributed by atoms with van der Waals surface area (Å²) in [4.78, 5) is 28.9. The smallest absolute Gasteiger partial charge is 0.274 e. The lowest BCUT2D eigenvalue weighted by atomic mass is 10.1. The van der Waals surface area contributed by atoms with Gasteiger partial charge in [0.25, 0.3) is 11.8 Å². The molecule has 0 fully saturated rings. The van der Waals surface area contributed by atoms with Crippen LogP contribution in [0.15, 0.2) is 53.1 Å². The summed E-state index contributed by atoms with van der Waals surface area (Å²) in [5, 5.41) is 5.91. The van der Waals surface area contributed by atoms with Crippen LogP contribution < -0.4 is 10.6 Å². The van der Waals surface area contributed by atoms with E-state index in [1.807, 2.05) is 19.9 Å². The van der Waals surface area contributed by atoms with Gasteiger partial charge in [-0.25, -0.2) is 4.98 Å². The minimum atomic E-state index is -0.440. The van der Waals surface area contributed by atoms with Crippen LogP contribution in [-0.4, -0.2) is 16.8 Å². The molecule has 0 atom stereocenters. The largest absolute Gasteiger partial charge is 0.467 e. The molecule has 27 heavy (non-hydrogen) atoms. The van der Waals surface area contributed by atoms with Crippen molar-refractivity contribution in [2.75, 3.05) is 5.32 Å². The molecule has 2 aromatic heterocycles. The Morgan fingerprint density at radius 1 is 1.07 bits per heavy atom. The molecule has 0 bridgehead atoms. The molecule has 2 heterocycles. The van der Waals surface area contributed by atoms with Gasteiger partial charge in [-0.3, -0.25) is 9.59 Å². The lowest BCUT2D eigenvalue weighted by Gasteiger charge is -2.11. The van der Waals surface area contributed by atoms with E-state index < -0.39 is 11.8 Å². The number of furan rings is 1. The zero-order valence-corrected chi connectivity index (χ0v) is 15.6. The first-order valence-electron chi connectivity index (χ1n) is 8.30. The number of nitrogens with one attached hydrogen (secondary N) is 2. The average molecular weight is 384 g/mol. The van der Waals surface area contributed by atoms with E-state index in [0.29, 0.717) is 16.5 Å². The van der Waals surface area contributed by atoms with Crippen LogP contribution in [-0.2, 0) is 6.54 Å². The highest BCUT2D eigenvalue weighted by molar-refractivity contribution is 6.34. The minimum absolute atomic E-state index is 0.122. The Morgan fingerprint density at radius 2 is 1.81 bits per heavy atom. The predicted octanol–water partition coefficient (Wildman–Crippen LogP) is 4.13. The van der Waals surface area contributed by atoms with Crippen LogP contribution in [0.2, 0.25) is 5.02 Å². The van der Waals surface area contributed by atoms with Gasteiger partial charge >= 0.3 is 0 Å². The summed E-state index contributed by atoms with van der Waals surface area (Å²) in [7, 11) is 0. The average Bonchev–Trinajstić information content (AvgIpc) is 3.16. The predicted molar refractivity (Wildman–Crippen MR) is 103 cm³/mol. The Balaban J connectivity index is 1.73. The third kappa shape index (κ3) is 4.54. The number of amides is 2. The molecule has 1 aromatic carbocycles. The minimum Gasteiger partial charge on any atom is -0.467 e. The topological polar surface area (TPSA) is 84.2 Å². The SMILES string of the molecule is Cc1cc(C)c(NC(=O)c2cccc(C(=O)NCc3ccco3)n2)c(Cl)c1. The van der Waals surface area contributed by atoms with Crippen LogP contribution in [0.3, 0.4) is 0 Å². The Bertz CT molecular complexity index is 961. The Morgan fingerprint density at radius 3 is 2.48 bits per heavy atom. The van der Waals surface area contributed by atoms with Crippen molar-refractivity contribution in [3.05, 3.63) is 82.0 Å². The first kappa shape index (κ1) is 18.7. The third-order valence-corrected chi connectivity index (χ3v) is 4.19. The monoisotopic (exact) mass is 383 g/mol. The highest BCUT2D eigenvalue weighted by Gasteiger charge is 2.15. The fourth-order valence-electron chi connectivity index (χ4n) is 2.61. The molecule has 2 N–H and O–H groups in total. The molecular weight excluding hydrogens is 366 g/mol. The molecule has 138 valence electrons. The number of aromatic nitrogens is 1. The second-order valence-electron chi connectivity index (χ2n) is 6.06. The van der Waals surface area contributed by atoms with E-state index in [9.17, 15) is 9.59 Å². The van der Waals surface area contributed by atoms with Crippen LogP contribution in [0.5, 0.6) is 0 Å². The summed E-state index contributed by atoms with van der Waals surface area (Å²) in [5.41, 5.74) is 2.64. The normalized spacial score (nSPS) is 10.5. The van der Waals surface area contributed by atoms with Crippen molar-refractivity contribution in [1.29, 1.82) is 0 Å². The molecule has 2 amide bonds. The van der Waals surface area contributed by atoms with E-state index >= 15 is 0 Å². The standard InChI is InChI=1S/C20H18ClN3O3/c1-12-9-13(2)18(15(21)10-12)24-20(26)17-7-3-6-16(23-17)19(25)22-11-14-5-4-8-27-14/h3-10H,11H2,1-2H3,(H,22,25)(H,24,26). The fourth-order valence-corrected chi connectivity index (χ4v) is 2.98. The zero-order valence-electron chi connectivity index (χ0n) is 14.9. The van der Waals surface area contributed by atoms with Gasteiger partial charge in [-0.1, -0.05) is 23.7 Å². The Hall–Kier alpha value is -3.12. The van der Waals surface area contributed by atoms with Gasteiger partial charge in [0.05, 0.1) is 23.5 Å². The maximum absolute atomic E-state index is 12.5. The van der Waals surface area contributed by atoms with Crippen LogP contribution >= 0.6 is 11.6 Å². The number of benzene rings is 1. The fraction of sp³-hybridized carbons (Fsp3) is 0.150. The van der Waals surface area contributed by atoms with Gasteiger partial charge in [-0.15, -0.1) is 0 Å². The summed E-state index contributed by atoms with van der Waals surface area (Å²) >= 11 is 6.23. The van der Waals surface area contributed by atoms with Crippen molar-refractivity contribution < 1.29 is 14.0 Å². The van der Waals surface area contributed by atoms with Gasteiger partial charge in [0, 0.05) is 0 Å². The lowest BCUT2D eigenvalue weighted by molar-refractivity contribution is 0.0943. The van der Waals surface area contributed by atoms with E-state index in [2.05, 4.69) is 15.6 Å². The maximum atomic E-state index is 12.5. The number of aryl methyl sites for hydroxylation is 2. The summed E-state index contributed by atoms with van der Waals surface area (Å²) in [6, 6.07) is 11.9. The van der Waals surface area contributed by atoms with Crippen LogP contribution in [0.4, 0.5) is 5.69 Å². The van der Waals surface area contributed by atoms with Gasteiger partial charge in [0.1, 0.15) is 17.1 Å². The third-order valence-electron chi connectivity index (χ3n) is 3.89. The van der Waals surface area contributed by atoms with Gasteiger partial charge in [-0.05, 0) is 55.3 Å². The molecule has 0 saturated carbocycles. The first-order chi connectivity index (χ1) is 12.9. The summed E-state index contributed by atoms with van der Waals surface area (Å²) in [5.74, 6) is -0.211. The van der Waals surface area contributed by atoms with Gasteiger partial charge < -0.3 is 15.1 Å². The second-order valence-corrected chi connectivity index (χ2v) is 6.47. The number of carbonyl (C=O) groups is 2. The molecule has 0 spiro atoms. The number of carbonyl (C=O) groups excluding carboxylic acids is 2. The number of hydrogen-bond acceptors (Lipinski definition) is 4. The highest BCUT2D eigenvalue weighted by atomic mass is 35.5. The van der Waals surface area contributed by atoms with Crippen LogP contribution in [0, 0.1) is 13.8 Å². The number of hydrogen-bond donors (Lipinski definition) is 2. The van der Waals surface area contributed by atoms with Crippen molar-refractivity contribution >= 4 is 29.1 Å². The summed E-state index contributed by atoms with van der Waals surface area (Å²) in [6.07, 6.45) is 1.53. The van der Waals surface area contributed by atoms with Crippen molar-refractivity contribution in [3.63, 3.8) is 0 Å².